The van der Waals surface area contributed by atoms with E-state index in [0.29, 0.717) is 15.8 Å². The van der Waals surface area contributed by atoms with E-state index in [-0.39, 0.29) is 30.5 Å². The van der Waals surface area contributed by atoms with E-state index in [1.54, 1.807) is 0 Å². The molecular weight excluding hydrogens is 295 g/mol. The average Bonchev–Trinajstić information content (AvgIpc) is 2.50. The highest BCUT2D eigenvalue weighted by Gasteiger charge is 2.61. The van der Waals surface area contributed by atoms with E-state index < -0.39 is 0 Å². The van der Waals surface area contributed by atoms with Crippen molar-refractivity contribution < 1.29 is 14.6 Å². The van der Waals surface area contributed by atoms with Crippen molar-refractivity contribution >= 4 is 28.6 Å². The van der Waals surface area contributed by atoms with Crippen LogP contribution in [0.25, 0.3) is 0 Å². The molecule has 1 saturated heterocycles. The van der Waals surface area contributed by atoms with Gasteiger partial charge in [-0.05, 0) is 24.7 Å². The third kappa shape index (κ3) is 0.988. The van der Waals surface area contributed by atoms with E-state index in [0.717, 1.165) is 12.8 Å². The number of carbonyl (C=O) groups is 1. The number of ether oxygens (including phenoxy) is 1. The van der Waals surface area contributed by atoms with Gasteiger partial charge in [0.1, 0.15) is 6.10 Å². The first-order valence-electron chi connectivity index (χ1n) is 5.19. The lowest BCUT2D eigenvalue weighted by molar-refractivity contribution is -0.144. The topological polar surface area (TPSA) is 46.5 Å². The molecule has 6 atom stereocenters. The second-order valence-corrected chi connectivity index (χ2v) is 6.06. The van der Waals surface area contributed by atoms with Gasteiger partial charge in [-0.1, -0.05) is 22.6 Å². The lowest BCUT2D eigenvalue weighted by Crippen LogP contribution is -2.51. The molecule has 1 heterocycles. The Morgan fingerprint density at radius 2 is 2.14 bits per heavy atom. The summed E-state index contributed by atoms with van der Waals surface area (Å²) < 4.78 is 5.83. The smallest absolute Gasteiger partial charge is 0.310 e. The summed E-state index contributed by atoms with van der Waals surface area (Å²) in [6.07, 6.45) is 2.42. The largest absolute Gasteiger partial charge is 0.461 e. The fraction of sp³-hybridized carbons (Fsp3) is 0.900. The van der Waals surface area contributed by atoms with Crippen molar-refractivity contribution in [3.8, 4) is 0 Å². The number of fused-ring (bicyclic) bond motifs is 1. The molecule has 0 unspecified atom stereocenters. The number of hydrogen-bond donors (Lipinski definition) is 1. The van der Waals surface area contributed by atoms with Crippen molar-refractivity contribution in [2.24, 2.45) is 23.7 Å². The molecule has 0 aromatic rings. The minimum absolute atomic E-state index is 0.00904. The number of aliphatic hydroxyl groups is 1. The van der Waals surface area contributed by atoms with Gasteiger partial charge in [-0.3, -0.25) is 4.79 Å². The van der Waals surface area contributed by atoms with Crippen molar-refractivity contribution in [2.45, 2.75) is 22.9 Å². The van der Waals surface area contributed by atoms with Crippen LogP contribution in [0.5, 0.6) is 0 Å². The van der Waals surface area contributed by atoms with Crippen molar-refractivity contribution in [3.63, 3.8) is 0 Å². The maximum atomic E-state index is 11.6. The highest BCUT2D eigenvalue weighted by molar-refractivity contribution is 14.1. The maximum Gasteiger partial charge on any atom is 0.310 e. The van der Waals surface area contributed by atoms with Gasteiger partial charge in [0.05, 0.1) is 9.84 Å². The Hall–Kier alpha value is 0.160. The average molecular weight is 308 g/mol. The minimum Gasteiger partial charge on any atom is -0.461 e. The summed E-state index contributed by atoms with van der Waals surface area (Å²) in [5.74, 6) is 1.01. The summed E-state index contributed by atoms with van der Waals surface area (Å²) >= 11 is 2.40. The van der Waals surface area contributed by atoms with Gasteiger partial charge in [0.2, 0.25) is 0 Å². The lowest BCUT2D eigenvalue weighted by Gasteiger charge is -2.47. The van der Waals surface area contributed by atoms with Gasteiger partial charge < -0.3 is 9.84 Å². The lowest BCUT2D eigenvalue weighted by atomic mass is 9.59. The Labute approximate surface area is 96.3 Å². The Morgan fingerprint density at radius 3 is 2.86 bits per heavy atom. The Balaban J connectivity index is 2.01. The highest BCUT2D eigenvalue weighted by Crippen LogP contribution is 2.56. The van der Waals surface area contributed by atoms with E-state index in [1.165, 1.54) is 0 Å². The number of hydrogen-bond acceptors (Lipinski definition) is 3. The van der Waals surface area contributed by atoms with Crippen LogP contribution in [0.15, 0.2) is 0 Å². The van der Waals surface area contributed by atoms with Gasteiger partial charge in [-0.15, -0.1) is 0 Å². The standard InChI is InChI=1S/C10H13IO3/c11-8-4-1-2-5-7(6(4)3-12)10(13)14-9(5)8/h4-9,12H,1-3H2/t4-,5+,6-,7+,8+,9-/m1/s1. The van der Waals surface area contributed by atoms with Crippen LogP contribution in [-0.2, 0) is 9.53 Å². The zero-order chi connectivity index (χ0) is 9.87. The van der Waals surface area contributed by atoms with Crippen molar-refractivity contribution in [3.05, 3.63) is 0 Å². The van der Waals surface area contributed by atoms with Gasteiger partial charge in [-0.25, -0.2) is 0 Å². The van der Waals surface area contributed by atoms with E-state index in [2.05, 4.69) is 22.6 Å². The third-order valence-corrected chi connectivity index (χ3v) is 5.82. The summed E-state index contributed by atoms with van der Waals surface area (Å²) in [7, 11) is 0. The van der Waals surface area contributed by atoms with Crippen LogP contribution in [0.3, 0.4) is 0 Å². The molecule has 78 valence electrons. The second kappa shape index (κ2) is 3.07. The zero-order valence-electron chi connectivity index (χ0n) is 7.73. The molecule has 3 saturated carbocycles. The molecule has 4 fully saturated rings. The van der Waals surface area contributed by atoms with Crippen LogP contribution in [-0.4, -0.2) is 27.7 Å². The fourth-order valence-corrected chi connectivity index (χ4v) is 5.14. The summed E-state index contributed by atoms with van der Waals surface area (Å²) in [5, 5.41) is 9.36. The van der Waals surface area contributed by atoms with Crippen molar-refractivity contribution in [1.29, 1.82) is 0 Å². The molecule has 0 radical (unpaired) electrons. The summed E-state index contributed by atoms with van der Waals surface area (Å²) in [5.41, 5.74) is 0. The molecule has 0 amide bonds. The Bertz CT molecular complexity index is 281. The molecule has 4 bridgehead atoms. The summed E-state index contributed by atoms with van der Waals surface area (Å²) in [6.45, 7) is 0.146. The Morgan fingerprint density at radius 1 is 1.43 bits per heavy atom. The van der Waals surface area contributed by atoms with E-state index in [1.807, 2.05) is 0 Å². The molecule has 4 aliphatic rings. The zero-order valence-corrected chi connectivity index (χ0v) is 9.88. The van der Waals surface area contributed by atoms with Gasteiger partial charge in [0.25, 0.3) is 0 Å². The van der Waals surface area contributed by atoms with Crippen LogP contribution >= 0.6 is 22.6 Å². The van der Waals surface area contributed by atoms with Crippen LogP contribution in [0.4, 0.5) is 0 Å². The van der Waals surface area contributed by atoms with Crippen LogP contribution in [0.2, 0.25) is 0 Å². The monoisotopic (exact) mass is 308 g/mol. The first kappa shape index (κ1) is 9.39. The van der Waals surface area contributed by atoms with Crippen LogP contribution in [0.1, 0.15) is 12.8 Å². The van der Waals surface area contributed by atoms with E-state index in [4.69, 9.17) is 4.74 Å². The summed E-state index contributed by atoms with van der Waals surface area (Å²) in [4.78, 5) is 11.6. The van der Waals surface area contributed by atoms with Gasteiger partial charge >= 0.3 is 5.97 Å². The van der Waals surface area contributed by atoms with Crippen LogP contribution in [0, 0.1) is 23.7 Å². The molecule has 3 nitrogen and oxygen atoms in total. The first-order chi connectivity index (χ1) is 6.74. The van der Waals surface area contributed by atoms with E-state index in [9.17, 15) is 9.90 Å². The molecule has 0 aromatic carbocycles. The number of halogens is 1. The summed E-state index contributed by atoms with van der Waals surface area (Å²) in [6, 6.07) is 0. The predicted octanol–water partition coefficient (Wildman–Crippen LogP) is 0.980. The molecule has 4 heteroatoms. The molecule has 4 rings (SSSR count). The normalized spacial score (nSPS) is 54.9. The van der Waals surface area contributed by atoms with Gasteiger partial charge in [0, 0.05) is 12.5 Å². The predicted molar refractivity (Wildman–Crippen MR) is 58.0 cm³/mol. The van der Waals surface area contributed by atoms with Gasteiger partial charge in [-0.2, -0.15) is 0 Å². The fourth-order valence-electron chi connectivity index (χ4n) is 3.57. The van der Waals surface area contributed by atoms with Crippen molar-refractivity contribution in [2.75, 3.05) is 6.61 Å². The third-order valence-electron chi connectivity index (χ3n) is 4.19. The SMILES string of the molecule is O=C1O[C@H]2[C@@H](I)[C@@H]3CC[C@H]2[C@H]1[C@@H]3CO. The highest BCUT2D eigenvalue weighted by atomic mass is 127. The number of alkyl halides is 1. The number of esters is 1. The Kier molecular flexibility index (Phi) is 2.06. The van der Waals surface area contributed by atoms with Crippen molar-refractivity contribution in [1.82, 2.24) is 0 Å². The molecule has 1 aliphatic heterocycles. The molecule has 3 aliphatic carbocycles. The number of rotatable bonds is 1. The maximum absolute atomic E-state index is 11.6. The second-order valence-electron chi connectivity index (χ2n) is 4.62. The molecular formula is C10H13IO3. The molecule has 14 heavy (non-hydrogen) atoms. The van der Waals surface area contributed by atoms with Gasteiger partial charge in [0.15, 0.2) is 0 Å². The first-order valence-corrected chi connectivity index (χ1v) is 6.44. The molecule has 0 aromatic heterocycles. The quantitative estimate of drug-likeness (QED) is 0.446. The molecule has 1 N–H and O–H groups in total. The molecule has 0 spiro atoms. The minimum atomic E-state index is -0.0529. The number of aliphatic hydroxyl groups excluding tert-OH is 1. The number of carbonyl (C=O) groups excluding carboxylic acids is 1. The van der Waals surface area contributed by atoms with Crippen LogP contribution < -0.4 is 0 Å². The van der Waals surface area contributed by atoms with E-state index >= 15 is 0 Å².